The van der Waals surface area contributed by atoms with Gasteiger partial charge in [-0.25, -0.2) is 43.1 Å². The smallest absolute Gasteiger partial charge is 0.305 e. The number of nitro groups is 3. The number of carbonyl (C=O) groups excluding carboxylic acids is 1. The van der Waals surface area contributed by atoms with E-state index >= 15 is 0 Å². The summed E-state index contributed by atoms with van der Waals surface area (Å²) in [6.07, 6.45) is 19.1. The summed E-state index contributed by atoms with van der Waals surface area (Å²) in [6, 6.07) is 21.9. The first-order valence-electron chi connectivity index (χ1n) is 43.8. The van der Waals surface area contributed by atoms with Crippen molar-refractivity contribution in [1.29, 1.82) is 0 Å². The summed E-state index contributed by atoms with van der Waals surface area (Å²) in [5, 5.41) is 45.5. The molecule has 0 unspecified atom stereocenters. The van der Waals surface area contributed by atoms with Crippen molar-refractivity contribution in [2.24, 2.45) is 35.3 Å². The lowest BCUT2D eigenvalue weighted by molar-refractivity contribution is -0.387. The first-order chi connectivity index (χ1) is 57.9. The molecular formula is C92H140FN13O12S5. The maximum atomic E-state index is 13.1. The van der Waals surface area contributed by atoms with Crippen LogP contribution in [0.3, 0.4) is 0 Å². The summed E-state index contributed by atoms with van der Waals surface area (Å²) in [7, 11) is -5.89. The Hall–Kier alpha value is -7.33. The number of benzene rings is 4. The highest BCUT2D eigenvalue weighted by Gasteiger charge is 2.50. The molecule has 4 aliphatic carbocycles. The number of nitrogens with two attached hydrogens (primary N) is 2. The van der Waals surface area contributed by atoms with Crippen LogP contribution in [0.5, 0.6) is 0 Å². The highest BCUT2D eigenvalue weighted by Crippen LogP contribution is 2.51. The molecule has 0 radical (unpaired) electrons. The molecule has 5 heterocycles. The van der Waals surface area contributed by atoms with Gasteiger partial charge in [-0.1, -0.05) is 76.7 Å². The lowest BCUT2D eigenvalue weighted by Crippen LogP contribution is -2.43. The summed E-state index contributed by atoms with van der Waals surface area (Å²) < 4.78 is 60.4. The number of Topliss-reactive ketones (excluding diaryl/α,β-unsaturated/α-hetero) is 1. The molecule has 25 nitrogen and oxygen atoms in total. The van der Waals surface area contributed by atoms with Gasteiger partial charge >= 0.3 is 5.69 Å². The zero-order chi connectivity index (χ0) is 90.2. The average molecular weight is 1800 g/mol. The molecule has 6 N–H and O–H groups in total. The van der Waals surface area contributed by atoms with Gasteiger partial charge < -0.3 is 56.0 Å². The van der Waals surface area contributed by atoms with Gasteiger partial charge in [0.1, 0.15) is 36.8 Å². The number of nitrogens with one attached hydrogen (secondary N) is 1. The van der Waals surface area contributed by atoms with E-state index in [-0.39, 0.29) is 81.8 Å². The molecule has 0 spiro atoms. The predicted octanol–water partition coefficient (Wildman–Crippen LogP) is 20.3. The SMILES string of the molecule is C.CC(C)CN.CC(C)CNC1CCSCC1.CCO.O=C1CCSCC1.[C-]#[N+]C1(c2ccc(F)c([N+](=O)[O-])c2)CCC1.[C-]#[N+]C1(c2ccc(N(CC(C)C)C3CCS(=O)(=O)CC3)c(N)c2)CCC1.[C-]#[N+]C1(c2ccc(N(CC(C)C)C3CCS(=O)(=O)CC3)c([N+](=O)[O-])c2)CCC1.[C-]#[N+]C1(c2ccc(N(CC(C)C)C3CCSCC3)c([N+](=O)[O-])c2)CCC1. The van der Waals surface area contributed by atoms with Crippen LogP contribution in [0.15, 0.2) is 72.8 Å². The van der Waals surface area contributed by atoms with E-state index in [1.807, 2.05) is 58.8 Å². The lowest BCUT2D eigenvalue weighted by Gasteiger charge is -2.38. The van der Waals surface area contributed by atoms with Crippen molar-refractivity contribution in [1.82, 2.24) is 5.32 Å². The second kappa shape index (κ2) is 50.9. The molecule has 123 heavy (non-hydrogen) atoms. The molecule has 0 atom stereocenters. The highest BCUT2D eigenvalue weighted by atomic mass is 32.2. The largest absolute Gasteiger partial charge is 0.397 e. The minimum absolute atomic E-state index is 0. The van der Waals surface area contributed by atoms with Crippen LogP contribution in [0, 0.1) is 92.0 Å². The minimum atomic E-state index is -3.01. The standard InChI is InChI=1S/C20H27N3O4S.C20H29N3O2S.C20H27N3O2S.C11H9FN2O2.C9H19NS.C5H8OS.C4H11N.C2H6O.CH4/c1-15(2)14-22(17-7-11-28(26,27)12-8-17)18-6-5-16(13-19(18)23(24)25)20(21-3)9-4-10-20;1-15(2)14-23(17-7-11-26(24,25)12-8-17)19-6-5-16(13-18(19)21)20(22-3)9-4-10-20;1-15(2)14-22(17-7-11-26-12-8-17)18-6-5-16(13-19(18)23(24)25)20(21-3)9-4-10-20;1-13-11(5-2-6-11)8-3-4-9(12)10(7-8)14(15)16;1-8(2)7-10-9-3-5-11-6-4-9;6-5-1-3-7-4-2-5;1-4(2)3-5;1-2-3;/h5-6,13,15,17H,4,7-12,14H2,1-2H3;5-6,13,15,17H,4,7-12,14,21H2,1-2H3;5-6,13,15,17H,4,7-12,14H2,1-2H3;3-4,7H,2,5-6H2;8-10H,3-7H2,1-2H3;1-4H2;4H,3,5H2,1-2H3;3H,2H2,1H3;1H4. The van der Waals surface area contributed by atoms with E-state index in [2.05, 4.69) is 122 Å². The second-order valence-electron chi connectivity index (χ2n) is 35.6. The first kappa shape index (κ1) is 106. The third-order valence-electron chi connectivity index (χ3n) is 24.0. The maximum absolute atomic E-state index is 13.1. The Bertz CT molecular complexity index is 4420. The Morgan fingerprint density at radius 2 is 0.780 bits per heavy atom. The number of nitro benzene ring substituents is 3. The van der Waals surface area contributed by atoms with Crippen molar-refractivity contribution in [3.05, 3.63) is 177 Å². The van der Waals surface area contributed by atoms with Crippen molar-refractivity contribution in [2.45, 2.75) is 271 Å². The van der Waals surface area contributed by atoms with Gasteiger partial charge in [0.15, 0.2) is 0 Å². The molecule has 5 aliphatic heterocycles. The van der Waals surface area contributed by atoms with Crippen LogP contribution in [0.2, 0.25) is 0 Å². The Morgan fingerprint density at radius 1 is 0.488 bits per heavy atom. The van der Waals surface area contributed by atoms with Crippen LogP contribution in [-0.2, 0) is 46.6 Å². The van der Waals surface area contributed by atoms with E-state index < -0.39 is 52.7 Å². The molecule has 13 rings (SSSR count). The zero-order valence-corrected chi connectivity index (χ0v) is 78.1. The van der Waals surface area contributed by atoms with Gasteiger partial charge in [-0.3, -0.25) is 35.1 Å². The highest BCUT2D eigenvalue weighted by molar-refractivity contribution is 7.99. The van der Waals surface area contributed by atoms with Crippen molar-refractivity contribution >= 4 is 101 Å². The predicted molar refractivity (Wildman–Crippen MR) is 507 cm³/mol. The third-order valence-corrected chi connectivity index (χ3v) is 30.5. The summed E-state index contributed by atoms with van der Waals surface area (Å²) >= 11 is 5.94. The molecule has 4 aromatic rings. The average Bonchev–Trinajstić information content (AvgIpc) is 0.746. The Labute approximate surface area is 747 Å². The van der Waals surface area contributed by atoms with Crippen molar-refractivity contribution < 1.29 is 45.9 Å². The zero-order valence-electron chi connectivity index (χ0n) is 74.0. The number of nitrogen functional groups attached to an aromatic ring is 1. The molecule has 0 aromatic heterocycles. The molecule has 4 aromatic carbocycles. The molecule has 9 fully saturated rings. The van der Waals surface area contributed by atoms with Crippen molar-refractivity contribution in [3.8, 4) is 0 Å². The fraction of sp³-hybridized carbons (Fsp3) is 0.685. The van der Waals surface area contributed by atoms with Gasteiger partial charge in [-0.15, -0.1) is 0 Å². The van der Waals surface area contributed by atoms with E-state index in [0.29, 0.717) is 91.6 Å². The Morgan fingerprint density at radius 3 is 1.06 bits per heavy atom. The summed E-state index contributed by atoms with van der Waals surface area (Å²) in [4.78, 5) is 65.0. The lowest BCUT2D eigenvalue weighted by atomic mass is 9.72. The minimum Gasteiger partial charge on any atom is -0.397 e. The van der Waals surface area contributed by atoms with Crippen LogP contribution in [0.25, 0.3) is 19.4 Å². The Kier molecular flexibility index (Phi) is 43.9. The summed E-state index contributed by atoms with van der Waals surface area (Å²) in [5.41, 5.74) is 15.1. The quantitative estimate of drug-likeness (QED) is 0.0232. The van der Waals surface area contributed by atoms with Crippen LogP contribution in [0.4, 0.5) is 44.2 Å². The number of aliphatic hydroxyl groups excluding tert-OH is 1. The van der Waals surface area contributed by atoms with E-state index in [9.17, 15) is 56.4 Å². The summed E-state index contributed by atoms with van der Waals surface area (Å²) in [5.74, 6) is 10.0. The monoisotopic (exact) mass is 1800 g/mol. The number of thioether (sulfide) groups is 3. The van der Waals surface area contributed by atoms with Crippen LogP contribution in [-0.4, -0.2) is 164 Å². The fourth-order valence-electron chi connectivity index (χ4n) is 16.1. The number of carbonyl (C=O) groups is 1. The third kappa shape index (κ3) is 31.3. The molecule has 682 valence electrons. The normalized spacial score (nSPS) is 19.5. The number of hydrogen-bond acceptors (Lipinski definition) is 21. The van der Waals surface area contributed by atoms with Crippen LogP contribution < -0.4 is 31.5 Å². The second-order valence-corrected chi connectivity index (χ2v) is 43.9. The molecule has 5 saturated heterocycles. The van der Waals surface area contributed by atoms with Gasteiger partial charge in [0.05, 0.1) is 49.2 Å². The fourth-order valence-corrected chi connectivity index (χ4v) is 22.2. The van der Waals surface area contributed by atoms with Crippen LogP contribution >= 0.6 is 35.3 Å². The molecule has 0 amide bonds. The molecule has 4 saturated carbocycles. The molecule has 9 aliphatic rings. The van der Waals surface area contributed by atoms with E-state index in [4.69, 9.17) is 42.9 Å². The number of halogens is 1. The number of ketones is 1. The van der Waals surface area contributed by atoms with E-state index in [1.165, 1.54) is 43.0 Å². The molecular weight excluding hydrogens is 1660 g/mol. The van der Waals surface area contributed by atoms with Gasteiger partial charge in [-0.05, 0) is 204 Å². The molecule has 31 heteroatoms. The number of nitrogens with zero attached hydrogens (tertiary/aromatic N) is 10. The van der Waals surface area contributed by atoms with E-state index in [1.54, 1.807) is 25.1 Å². The van der Waals surface area contributed by atoms with Gasteiger partial charge in [0.25, 0.3) is 33.5 Å². The number of anilines is 4. The van der Waals surface area contributed by atoms with Crippen molar-refractivity contribution in [3.63, 3.8) is 0 Å². The molecule has 0 bridgehead atoms. The number of aliphatic hydroxyl groups is 1. The van der Waals surface area contributed by atoms with Gasteiger partial charge in [0.2, 0.25) is 5.82 Å². The topological polar surface area (TPSA) is 326 Å². The summed E-state index contributed by atoms with van der Waals surface area (Å²) in [6.45, 7) is 57.5. The van der Waals surface area contributed by atoms with Gasteiger partial charge in [-0.2, -0.15) is 39.7 Å². The van der Waals surface area contributed by atoms with Crippen molar-refractivity contribution in [2.75, 3.05) is 117 Å². The maximum Gasteiger partial charge on any atom is 0.305 e. The van der Waals surface area contributed by atoms with E-state index in [0.717, 1.165) is 179 Å². The van der Waals surface area contributed by atoms with Crippen LogP contribution in [0.1, 0.15) is 247 Å². The number of sulfone groups is 2. The number of rotatable bonds is 23. The number of hydrogen-bond donors (Lipinski definition) is 4. The van der Waals surface area contributed by atoms with Gasteiger partial charge in [0, 0.05) is 167 Å². The first-order valence-corrected chi connectivity index (χ1v) is 50.9. The Balaban J connectivity index is 0.000000267.